The maximum Gasteiger partial charge on any atom is 0.434 e. The fourth-order valence-electron chi connectivity index (χ4n) is 1.48. The summed E-state index contributed by atoms with van der Waals surface area (Å²) in [5.74, 6) is 0. The summed E-state index contributed by atoms with van der Waals surface area (Å²) in [6.07, 6.45) is 1.08. The summed E-state index contributed by atoms with van der Waals surface area (Å²) in [7, 11) is 0. The Bertz CT molecular complexity index is 223. The van der Waals surface area contributed by atoms with E-state index in [1.165, 1.54) is 0 Å². The molecule has 0 radical (unpaired) electrons. The number of likely N-dealkylation sites (N-methyl/N-ethyl adjacent to an activating group) is 1. The highest BCUT2D eigenvalue weighted by Crippen LogP contribution is 1.98. The minimum absolute atomic E-state index is 0.375. The van der Waals surface area contributed by atoms with Gasteiger partial charge in [-0.1, -0.05) is 6.92 Å². The Kier molecular flexibility index (Phi) is 5.10. The molecule has 0 saturated carbocycles. The number of nitrogens with zero attached hydrogens (tertiary/aromatic N) is 3. The van der Waals surface area contributed by atoms with Gasteiger partial charge in [0.15, 0.2) is 0 Å². The molecule has 1 fully saturated rings. The fourth-order valence-corrected chi connectivity index (χ4v) is 1.48. The Morgan fingerprint density at radius 3 is 2.53 bits per heavy atom. The van der Waals surface area contributed by atoms with Gasteiger partial charge in [-0.25, -0.2) is 4.79 Å². The van der Waals surface area contributed by atoms with Crippen LogP contribution in [0.2, 0.25) is 0 Å². The summed E-state index contributed by atoms with van der Waals surface area (Å²) in [5.41, 5.74) is 0. The summed E-state index contributed by atoms with van der Waals surface area (Å²) in [6, 6.07) is 0. The quantitative estimate of drug-likeness (QED) is 0.514. The lowest BCUT2D eigenvalue weighted by atomic mass is 10.3. The molecule has 0 bridgehead atoms. The summed E-state index contributed by atoms with van der Waals surface area (Å²) in [5, 5.41) is 0. The zero-order valence-corrected chi connectivity index (χ0v) is 9.48. The number of piperazine rings is 1. The highest BCUT2D eigenvalue weighted by Gasteiger charge is 2.12. The first-order valence-corrected chi connectivity index (χ1v) is 5.43. The Balaban J connectivity index is 2.26. The van der Waals surface area contributed by atoms with Gasteiger partial charge >= 0.3 is 6.09 Å². The number of carbonyl (C=O) groups is 1. The van der Waals surface area contributed by atoms with Gasteiger partial charge in [0.1, 0.15) is 0 Å². The van der Waals surface area contributed by atoms with Crippen LogP contribution in [-0.4, -0.2) is 61.6 Å². The maximum atomic E-state index is 10.9. The van der Waals surface area contributed by atoms with Gasteiger partial charge in [-0.05, 0) is 13.5 Å². The molecule has 1 amide bonds. The standard InChI is InChI=1S/C10H19N3O2/c1-3-12-5-7-13(8-6-12)9-11-10(14)15-4-2/h9H,3-8H2,1-2H3/b11-9+. The smallest absolute Gasteiger partial charge is 0.434 e. The van der Waals surface area contributed by atoms with Crippen molar-refractivity contribution in [1.82, 2.24) is 9.80 Å². The summed E-state index contributed by atoms with van der Waals surface area (Å²) >= 11 is 0. The molecule has 0 atom stereocenters. The number of rotatable bonds is 3. The summed E-state index contributed by atoms with van der Waals surface area (Å²) in [4.78, 5) is 19.1. The molecule has 1 heterocycles. The van der Waals surface area contributed by atoms with E-state index in [4.69, 9.17) is 4.74 Å². The number of amides is 1. The zero-order valence-electron chi connectivity index (χ0n) is 9.48. The molecule has 1 saturated heterocycles. The molecule has 86 valence electrons. The highest BCUT2D eigenvalue weighted by molar-refractivity contribution is 5.78. The van der Waals surface area contributed by atoms with Crippen LogP contribution in [0, 0.1) is 0 Å². The summed E-state index contributed by atoms with van der Waals surface area (Å²) < 4.78 is 4.70. The number of hydrogen-bond donors (Lipinski definition) is 0. The third-order valence-corrected chi connectivity index (χ3v) is 2.45. The lowest BCUT2D eigenvalue weighted by Gasteiger charge is -2.32. The van der Waals surface area contributed by atoms with E-state index in [-0.39, 0.29) is 0 Å². The van der Waals surface area contributed by atoms with Crippen molar-refractivity contribution in [2.75, 3.05) is 39.3 Å². The van der Waals surface area contributed by atoms with Crippen LogP contribution < -0.4 is 0 Å². The highest BCUT2D eigenvalue weighted by atomic mass is 16.5. The van der Waals surface area contributed by atoms with E-state index < -0.39 is 6.09 Å². The van der Waals surface area contributed by atoms with Crippen molar-refractivity contribution >= 4 is 12.4 Å². The molecule has 1 aliphatic heterocycles. The van der Waals surface area contributed by atoms with Gasteiger partial charge in [-0.2, -0.15) is 4.99 Å². The molecular formula is C10H19N3O2. The van der Waals surface area contributed by atoms with Crippen LogP contribution in [0.4, 0.5) is 4.79 Å². The fraction of sp³-hybridized carbons (Fsp3) is 0.800. The van der Waals surface area contributed by atoms with Crippen LogP contribution in [0.1, 0.15) is 13.8 Å². The zero-order chi connectivity index (χ0) is 11.1. The van der Waals surface area contributed by atoms with E-state index in [1.54, 1.807) is 13.3 Å². The van der Waals surface area contributed by atoms with Crippen LogP contribution >= 0.6 is 0 Å². The van der Waals surface area contributed by atoms with Gasteiger partial charge < -0.3 is 14.5 Å². The van der Waals surface area contributed by atoms with Crippen molar-refractivity contribution in [1.29, 1.82) is 0 Å². The van der Waals surface area contributed by atoms with Gasteiger partial charge in [-0.15, -0.1) is 0 Å². The van der Waals surface area contributed by atoms with E-state index in [0.29, 0.717) is 6.61 Å². The van der Waals surface area contributed by atoms with Gasteiger partial charge in [0, 0.05) is 26.2 Å². The largest absolute Gasteiger partial charge is 0.448 e. The molecule has 0 spiro atoms. The first kappa shape index (κ1) is 12.0. The molecule has 0 N–H and O–H groups in total. The molecule has 0 unspecified atom stereocenters. The average Bonchev–Trinajstić information content (AvgIpc) is 2.27. The van der Waals surface area contributed by atoms with E-state index in [2.05, 4.69) is 16.8 Å². The van der Waals surface area contributed by atoms with E-state index in [1.807, 2.05) is 4.90 Å². The normalized spacial score (nSPS) is 18.4. The molecule has 0 aromatic carbocycles. The van der Waals surface area contributed by atoms with Crippen LogP contribution in [0.3, 0.4) is 0 Å². The number of ether oxygens (including phenoxy) is 1. The lowest BCUT2D eigenvalue weighted by molar-refractivity contribution is 0.162. The Morgan fingerprint density at radius 2 is 2.00 bits per heavy atom. The van der Waals surface area contributed by atoms with Crippen LogP contribution in [0.15, 0.2) is 4.99 Å². The lowest BCUT2D eigenvalue weighted by Crippen LogP contribution is -2.45. The Morgan fingerprint density at radius 1 is 1.33 bits per heavy atom. The number of aliphatic imine (C=N–C) groups is 1. The third-order valence-electron chi connectivity index (χ3n) is 2.45. The second-order valence-electron chi connectivity index (χ2n) is 3.41. The molecule has 1 aliphatic rings. The van der Waals surface area contributed by atoms with Crippen molar-refractivity contribution in [2.45, 2.75) is 13.8 Å². The van der Waals surface area contributed by atoms with Crippen molar-refractivity contribution in [3.8, 4) is 0 Å². The second-order valence-corrected chi connectivity index (χ2v) is 3.41. The van der Waals surface area contributed by atoms with Crippen LogP contribution in [0.5, 0.6) is 0 Å². The van der Waals surface area contributed by atoms with Crippen LogP contribution in [0.25, 0.3) is 0 Å². The van der Waals surface area contributed by atoms with Gasteiger partial charge in [0.2, 0.25) is 0 Å². The second kappa shape index (κ2) is 6.40. The van der Waals surface area contributed by atoms with Crippen molar-refractivity contribution in [3.05, 3.63) is 0 Å². The molecule has 0 aliphatic carbocycles. The van der Waals surface area contributed by atoms with E-state index >= 15 is 0 Å². The maximum absolute atomic E-state index is 10.9. The SMILES string of the molecule is CCOC(=O)/N=C/N1CCN(CC)CC1. The van der Waals surface area contributed by atoms with Gasteiger partial charge in [0.25, 0.3) is 0 Å². The summed E-state index contributed by atoms with van der Waals surface area (Å²) in [6.45, 7) is 9.31. The molecule has 0 aromatic heterocycles. The van der Waals surface area contributed by atoms with Gasteiger partial charge in [0.05, 0.1) is 12.9 Å². The molecular weight excluding hydrogens is 194 g/mol. The topological polar surface area (TPSA) is 45.1 Å². The van der Waals surface area contributed by atoms with Gasteiger partial charge in [-0.3, -0.25) is 0 Å². The monoisotopic (exact) mass is 213 g/mol. The predicted molar refractivity (Wildman–Crippen MR) is 59.2 cm³/mol. The first-order chi connectivity index (χ1) is 7.26. The van der Waals surface area contributed by atoms with E-state index in [0.717, 1.165) is 32.7 Å². The molecule has 15 heavy (non-hydrogen) atoms. The average molecular weight is 213 g/mol. The van der Waals surface area contributed by atoms with Crippen molar-refractivity contribution in [3.63, 3.8) is 0 Å². The minimum atomic E-state index is -0.504. The van der Waals surface area contributed by atoms with Crippen molar-refractivity contribution in [2.24, 2.45) is 4.99 Å². The Hall–Kier alpha value is -1.10. The molecule has 0 aromatic rings. The van der Waals surface area contributed by atoms with Crippen molar-refractivity contribution < 1.29 is 9.53 Å². The predicted octanol–water partition coefficient (Wildman–Crippen LogP) is 0.809. The molecule has 5 heteroatoms. The number of carbonyl (C=O) groups excluding carboxylic acids is 1. The van der Waals surface area contributed by atoms with E-state index in [9.17, 15) is 4.79 Å². The van der Waals surface area contributed by atoms with Crippen LogP contribution in [-0.2, 0) is 4.74 Å². The molecule has 5 nitrogen and oxygen atoms in total. The Labute approximate surface area is 90.7 Å². The first-order valence-electron chi connectivity index (χ1n) is 5.43. The number of hydrogen-bond acceptors (Lipinski definition) is 3. The molecule has 1 rings (SSSR count). The minimum Gasteiger partial charge on any atom is -0.448 e. The third kappa shape index (κ3) is 4.29.